The molecule has 1 amide bonds. The zero-order valence-corrected chi connectivity index (χ0v) is 8.35. The van der Waals surface area contributed by atoms with Gasteiger partial charge in [0.15, 0.2) is 6.04 Å². The molecule has 0 aromatic carbocycles. The number of esters is 1. The molecule has 0 aliphatic heterocycles. The molecule has 1 atom stereocenters. The smallest absolute Gasteiger partial charge is 0.463 e. The number of nitrogens with one attached hydrogen (secondary N) is 1. The molecule has 1 unspecified atom stereocenters. The van der Waals surface area contributed by atoms with Gasteiger partial charge >= 0.3 is 24.0 Å². The molecule has 2 N–H and O–H groups in total. The molecule has 5 nitrogen and oxygen atoms in total. The van der Waals surface area contributed by atoms with Gasteiger partial charge in [0.1, 0.15) is 0 Å². The lowest BCUT2D eigenvalue weighted by Crippen LogP contribution is -2.55. The second kappa shape index (κ2) is 5.25. The maximum absolute atomic E-state index is 12.4. The van der Waals surface area contributed by atoms with E-state index in [4.69, 9.17) is 5.11 Å². The Labute approximate surface area is 91.5 Å². The van der Waals surface area contributed by atoms with Gasteiger partial charge in [0, 0.05) is 0 Å². The van der Waals surface area contributed by atoms with Gasteiger partial charge in [0.05, 0.1) is 13.7 Å². The van der Waals surface area contributed by atoms with E-state index in [0.717, 1.165) is 12.4 Å². The number of amides is 1. The highest BCUT2D eigenvalue weighted by Crippen LogP contribution is 2.35. The minimum Gasteiger partial charge on any atom is -0.467 e. The lowest BCUT2D eigenvalue weighted by Gasteiger charge is -2.21. The van der Waals surface area contributed by atoms with E-state index in [1.165, 1.54) is 0 Å². The van der Waals surface area contributed by atoms with Gasteiger partial charge in [0.2, 0.25) is 0 Å². The SMILES string of the molecule is COC(=O)C(CO)NC(=O)C(F)(F)C(F)(F)F. The number of alkyl halides is 5. The average molecular weight is 265 g/mol. The molecule has 0 fully saturated rings. The van der Waals surface area contributed by atoms with Crippen LogP contribution in [0.4, 0.5) is 22.0 Å². The van der Waals surface area contributed by atoms with E-state index in [-0.39, 0.29) is 0 Å². The number of carbonyl (C=O) groups excluding carboxylic acids is 2. The van der Waals surface area contributed by atoms with Gasteiger partial charge in [-0.3, -0.25) is 4.79 Å². The van der Waals surface area contributed by atoms with Crippen LogP contribution in [0.3, 0.4) is 0 Å². The first-order chi connectivity index (χ1) is 7.57. The van der Waals surface area contributed by atoms with Crippen LogP contribution in [-0.2, 0) is 14.3 Å². The summed E-state index contributed by atoms with van der Waals surface area (Å²) in [6.45, 7) is -1.17. The number of aliphatic hydroxyl groups excluding tert-OH is 1. The fourth-order valence-electron chi connectivity index (χ4n) is 0.699. The highest BCUT2D eigenvalue weighted by atomic mass is 19.4. The fraction of sp³-hybridized carbons (Fsp3) is 0.714. The summed E-state index contributed by atoms with van der Waals surface area (Å²) in [6.07, 6.45) is -6.09. The molecule has 0 saturated heterocycles. The number of halogens is 5. The van der Waals surface area contributed by atoms with E-state index in [1.54, 1.807) is 0 Å². The van der Waals surface area contributed by atoms with Crippen LogP contribution < -0.4 is 5.32 Å². The van der Waals surface area contributed by atoms with Crippen LogP contribution >= 0.6 is 0 Å². The molecule has 0 radical (unpaired) electrons. The first-order valence-electron chi connectivity index (χ1n) is 4.02. The van der Waals surface area contributed by atoms with E-state index in [0.29, 0.717) is 0 Å². The summed E-state index contributed by atoms with van der Waals surface area (Å²) < 4.78 is 64.0. The normalized spacial score (nSPS) is 14.1. The summed E-state index contributed by atoms with van der Waals surface area (Å²) in [5.74, 6) is -9.75. The van der Waals surface area contributed by atoms with Crippen LogP contribution in [0.2, 0.25) is 0 Å². The third kappa shape index (κ3) is 3.51. The Morgan fingerprint density at radius 3 is 2.06 bits per heavy atom. The Morgan fingerprint density at radius 1 is 1.29 bits per heavy atom. The zero-order valence-electron chi connectivity index (χ0n) is 8.35. The van der Waals surface area contributed by atoms with Crippen molar-refractivity contribution >= 4 is 11.9 Å². The van der Waals surface area contributed by atoms with Gasteiger partial charge in [-0.15, -0.1) is 0 Å². The monoisotopic (exact) mass is 265 g/mol. The largest absolute Gasteiger partial charge is 0.467 e. The quantitative estimate of drug-likeness (QED) is 0.547. The van der Waals surface area contributed by atoms with E-state index >= 15 is 0 Å². The average Bonchev–Trinajstić information content (AvgIpc) is 2.22. The van der Waals surface area contributed by atoms with Crippen molar-refractivity contribution in [2.75, 3.05) is 13.7 Å². The van der Waals surface area contributed by atoms with Gasteiger partial charge in [-0.2, -0.15) is 22.0 Å². The molecule has 0 aliphatic carbocycles. The number of methoxy groups -OCH3 is 1. The summed E-state index contributed by atoms with van der Waals surface area (Å²) in [5.41, 5.74) is 0. The Morgan fingerprint density at radius 2 is 1.76 bits per heavy atom. The molecule has 0 aromatic heterocycles. The molecular formula is C7H8F5NO4. The lowest BCUT2D eigenvalue weighted by molar-refractivity contribution is -0.270. The summed E-state index contributed by atoms with van der Waals surface area (Å²) >= 11 is 0. The molecule has 17 heavy (non-hydrogen) atoms. The van der Waals surface area contributed by atoms with Gasteiger partial charge in [-0.25, -0.2) is 4.79 Å². The highest BCUT2D eigenvalue weighted by molar-refractivity contribution is 5.89. The van der Waals surface area contributed by atoms with Crippen molar-refractivity contribution in [1.82, 2.24) is 5.32 Å². The van der Waals surface area contributed by atoms with Gasteiger partial charge < -0.3 is 15.2 Å². The fourth-order valence-corrected chi connectivity index (χ4v) is 0.699. The number of hydrogen-bond donors (Lipinski definition) is 2. The number of aliphatic hydroxyl groups is 1. The number of rotatable bonds is 4. The Kier molecular flexibility index (Phi) is 4.81. The minimum atomic E-state index is -6.09. The van der Waals surface area contributed by atoms with E-state index in [9.17, 15) is 31.5 Å². The molecule has 0 saturated carbocycles. The van der Waals surface area contributed by atoms with Crippen LogP contribution in [0.1, 0.15) is 0 Å². The lowest BCUT2D eigenvalue weighted by atomic mass is 10.2. The third-order valence-corrected chi connectivity index (χ3v) is 1.61. The first-order valence-corrected chi connectivity index (χ1v) is 4.02. The predicted octanol–water partition coefficient (Wildman–Crippen LogP) is -0.166. The highest BCUT2D eigenvalue weighted by Gasteiger charge is 2.63. The van der Waals surface area contributed by atoms with Crippen molar-refractivity contribution < 1.29 is 41.4 Å². The van der Waals surface area contributed by atoms with Crippen molar-refractivity contribution in [2.24, 2.45) is 0 Å². The molecule has 0 aromatic rings. The summed E-state index contributed by atoms with van der Waals surface area (Å²) in [4.78, 5) is 21.3. The Balaban J connectivity index is 4.80. The van der Waals surface area contributed by atoms with Crippen molar-refractivity contribution in [2.45, 2.75) is 18.1 Å². The minimum absolute atomic E-state index is 0.805. The first kappa shape index (κ1) is 15.5. The van der Waals surface area contributed by atoms with Crippen LogP contribution in [0, 0.1) is 0 Å². The molecule has 10 heteroatoms. The van der Waals surface area contributed by atoms with E-state index in [2.05, 4.69) is 4.74 Å². The summed E-state index contributed by atoms with van der Waals surface area (Å²) in [6, 6.07) is -1.99. The second-order valence-electron chi connectivity index (χ2n) is 2.80. The van der Waals surface area contributed by atoms with Gasteiger partial charge in [0.25, 0.3) is 0 Å². The molecule has 0 heterocycles. The topological polar surface area (TPSA) is 75.6 Å². The molecule has 100 valence electrons. The van der Waals surface area contributed by atoms with E-state index in [1.807, 2.05) is 0 Å². The van der Waals surface area contributed by atoms with Gasteiger partial charge in [-0.05, 0) is 0 Å². The predicted molar refractivity (Wildman–Crippen MR) is 42.0 cm³/mol. The second-order valence-corrected chi connectivity index (χ2v) is 2.80. The molecule has 0 aliphatic rings. The van der Waals surface area contributed by atoms with Crippen molar-refractivity contribution in [3.8, 4) is 0 Å². The molecule has 0 rings (SSSR count). The zero-order chi connectivity index (χ0) is 13.9. The molecule has 0 bridgehead atoms. The standard InChI is InChI=1S/C7H8F5NO4/c1-17-4(15)3(2-14)13-5(16)6(8,9)7(10,11)12/h3,14H,2H2,1H3,(H,13,16). The number of carbonyl (C=O) groups is 2. The molecule has 0 spiro atoms. The van der Waals surface area contributed by atoms with Crippen LogP contribution in [0.25, 0.3) is 0 Å². The Bertz CT molecular complexity index is 303. The number of ether oxygens (including phenoxy) is 1. The van der Waals surface area contributed by atoms with Crippen LogP contribution in [0.15, 0.2) is 0 Å². The van der Waals surface area contributed by atoms with Crippen molar-refractivity contribution in [1.29, 1.82) is 0 Å². The van der Waals surface area contributed by atoms with Crippen LogP contribution in [-0.4, -0.2) is 48.8 Å². The summed E-state index contributed by atoms with van der Waals surface area (Å²) in [5, 5.41) is 9.53. The molecular weight excluding hydrogens is 257 g/mol. The van der Waals surface area contributed by atoms with Crippen molar-refractivity contribution in [3.05, 3.63) is 0 Å². The van der Waals surface area contributed by atoms with Crippen molar-refractivity contribution in [3.63, 3.8) is 0 Å². The van der Waals surface area contributed by atoms with Crippen LogP contribution in [0.5, 0.6) is 0 Å². The summed E-state index contributed by atoms with van der Waals surface area (Å²) in [7, 11) is 0.805. The third-order valence-electron chi connectivity index (χ3n) is 1.61. The maximum Gasteiger partial charge on any atom is 0.463 e. The number of hydrogen-bond acceptors (Lipinski definition) is 4. The maximum atomic E-state index is 12.4. The Hall–Kier alpha value is -1.45. The van der Waals surface area contributed by atoms with Gasteiger partial charge in [-0.1, -0.05) is 0 Å². The van der Waals surface area contributed by atoms with E-state index < -0.39 is 36.6 Å².